The van der Waals surface area contributed by atoms with Gasteiger partial charge in [0.15, 0.2) is 5.78 Å². The number of carbonyl (C=O) groups is 1. The zero-order chi connectivity index (χ0) is 16.9. The van der Waals surface area contributed by atoms with Gasteiger partial charge in [-0.15, -0.1) is 0 Å². The van der Waals surface area contributed by atoms with E-state index < -0.39 is 0 Å². The van der Waals surface area contributed by atoms with Crippen LogP contribution in [0.2, 0.25) is 0 Å². The Balaban J connectivity index is 1.96. The molecular weight excluding hydrogens is 294 g/mol. The molecule has 1 aliphatic rings. The summed E-state index contributed by atoms with van der Waals surface area (Å²) in [6, 6.07) is 20.5. The van der Waals surface area contributed by atoms with Gasteiger partial charge in [-0.1, -0.05) is 60.7 Å². The van der Waals surface area contributed by atoms with E-state index in [9.17, 15) is 4.79 Å². The normalized spacial score (nSPS) is 19.4. The topological polar surface area (TPSA) is 20.3 Å². The molecule has 0 aromatic heterocycles. The Hall–Kier alpha value is -2.45. The monoisotopic (exact) mass is 317 g/mol. The van der Waals surface area contributed by atoms with E-state index in [0.29, 0.717) is 19.1 Å². The van der Waals surface area contributed by atoms with Gasteiger partial charge in [-0.2, -0.15) is 0 Å². The predicted octanol–water partition coefficient (Wildman–Crippen LogP) is 4.45. The quantitative estimate of drug-likeness (QED) is 0.780. The highest BCUT2D eigenvalue weighted by Gasteiger charge is 2.27. The van der Waals surface area contributed by atoms with Crippen LogP contribution in [-0.2, 0) is 4.79 Å². The van der Waals surface area contributed by atoms with Gasteiger partial charge in [0.2, 0.25) is 0 Å². The fourth-order valence-electron chi connectivity index (χ4n) is 2.93. The maximum absolute atomic E-state index is 12.9. The zero-order valence-electron chi connectivity index (χ0n) is 14.3. The van der Waals surface area contributed by atoms with E-state index in [-0.39, 0.29) is 5.78 Å². The molecule has 1 aliphatic heterocycles. The number of rotatable bonds is 3. The molecule has 0 amide bonds. The van der Waals surface area contributed by atoms with Crippen LogP contribution in [0.5, 0.6) is 0 Å². The SMILES string of the molecule is CC(C)N1C/C(=C/c2ccccc2)C(=O)/C(=C/c2ccccc2)C1. The molecule has 0 bridgehead atoms. The Morgan fingerprint density at radius 1 is 0.792 bits per heavy atom. The van der Waals surface area contributed by atoms with Gasteiger partial charge in [0.05, 0.1) is 0 Å². The molecule has 0 aliphatic carbocycles. The van der Waals surface area contributed by atoms with Gasteiger partial charge >= 0.3 is 0 Å². The molecule has 0 atom stereocenters. The van der Waals surface area contributed by atoms with Crippen molar-refractivity contribution in [3.8, 4) is 0 Å². The molecule has 2 heteroatoms. The Labute approximate surface area is 144 Å². The molecule has 0 spiro atoms. The van der Waals surface area contributed by atoms with E-state index in [0.717, 1.165) is 22.3 Å². The number of carbonyl (C=O) groups excluding carboxylic acids is 1. The molecule has 2 aromatic rings. The summed E-state index contributed by atoms with van der Waals surface area (Å²) in [5.74, 6) is 0.166. The summed E-state index contributed by atoms with van der Waals surface area (Å²) in [6.45, 7) is 5.77. The number of hydrogen-bond donors (Lipinski definition) is 0. The highest BCUT2D eigenvalue weighted by molar-refractivity contribution is 6.14. The van der Waals surface area contributed by atoms with Crippen LogP contribution in [0.3, 0.4) is 0 Å². The van der Waals surface area contributed by atoms with Crippen LogP contribution in [0.1, 0.15) is 25.0 Å². The molecule has 24 heavy (non-hydrogen) atoms. The first-order valence-electron chi connectivity index (χ1n) is 8.43. The summed E-state index contributed by atoms with van der Waals surface area (Å²) in [6.07, 6.45) is 4.05. The molecule has 0 saturated carbocycles. The molecule has 0 N–H and O–H groups in total. The maximum atomic E-state index is 12.9. The summed E-state index contributed by atoms with van der Waals surface area (Å²) in [5.41, 5.74) is 3.88. The lowest BCUT2D eigenvalue weighted by Crippen LogP contribution is -2.41. The first-order valence-corrected chi connectivity index (χ1v) is 8.43. The number of ketones is 1. The summed E-state index contributed by atoms with van der Waals surface area (Å²) in [7, 11) is 0. The second kappa shape index (κ2) is 7.41. The second-order valence-corrected chi connectivity index (χ2v) is 6.49. The minimum Gasteiger partial charge on any atom is -0.292 e. The second-order valence-electron chi connectivity index (χ2n) is 6.49. The molecular formula is C22H23NO. The van der Waals surface area contributed by atoms with E-state index in [2.05, 4.69) is 18.7 Å². The van der Waals surface area contributed by atoms with Gasteiger partial charge in [0.1, 0.15) is 0 Å². The van der Waals surface area contributed by atoms with Crippen LogP contribution >= 0.6 is 0 Å². The van der Waals surface area contributed by atoms with Crippen molar-refractivity contribution >= 4 is 17.9 Å². The summed E-state index contributed by atoms with van der Waals surface area (Å²) in [5, 5.41) is 0. The Kier molecular flexibility index (Phi) is 5.07. The first-order chi connectivity index (χ1) is 11.6. The summed E-state index contributed by atoms with van der Waals surface area (Å²) >= 11 is 0. The van der Waals surface area contributed by atoms with Crippen LogP contribution in [0.25, 0.3) is 12.2 Å². The first kappa shape index (κ1) is 16.4. The smallest absolute Gasteiger partial charge is 0.187 e. The minimum atomic E-state index is 0.166. The maximum Gasteiger partial charge on any atom is 0.187 e. The highest BCUT2D eigenvalue weighted by Crippen LogP contribution is 2.23. The Morgan fingerprint density at radius 3 is 1.58 bits per heavy atom. The number of benzene rings is 2. The molecule has 1 heterocycles. The van der Waals surface area contributed by atoms with Gasteiger partial charge in [0.25, 0.3) is 0 Å². The molecule has 1 fully saturated rings. The lowest BCUT2D eigenvalue weighted by atomic mass is 9.93. The molecule has 2 nitrogen and oxygen atoms in total. The third kappa shape index (κ3) is 3.90. The lowest BCUT2D eigenvalue weighted by molar-refractivity contribution is -0.113. The number of hydrogen-bond acceptors (Lipinski definition) is 2. The zero-order valence-corrected chi connectivity index (χ0v) is 14.3. The van der Waals surface area contributed by atoms with Crippen LogP contribution in [0.4, 0.5) is 0 Å². The number of likely N-dealkylation sites (tertiary alicyclic amines) is 1. The van der Waals surface area contributed by atoms with Crippen molar-refractivity contribution in [2.75, 3.05) is 13.1 Å². The molecule has 0 radical (unpaired) electrons. The fraction of sp³-hybridized carbons (Fsp3) is 0.227. The van der Waals surface area contributed by atoms with Crippen molar-refractivity contribution in [1.29, 1.82) is 0 Å². The van der Waals surface area contributed by atoms with Crippen molar-refractivity contribution in [1.82, 2.24) is 4.90 Å². The molecule has 2 aromatic carbocycles. The molecule has 0 unspecified atom stereocenters. The number of Topliss-reactive ketones (excluding diaryl/α,β-unsaturated/α-hetero) is 1. The average molecular weight is 317 g/mol. The molecule has 1 saturated heterocycles. The number of piperidine rings is 1. The third-order valence-corrected chi connectivity index (χ3v) is 4.34. The van der Waals surface area contributed by atoms with Crippen LogP contribution < -0.4 is 0 Å². The van der Waals surface area contributed by atoms with Crippen LogP contribution in [0, 0.1) is 0 Å². The fourth-order valence-corrected chi connectivity index (χ4v) is 2.93. The Bertz CT molecular complexity index is 696. The third-order valence-electron chi connectivity index (χ3n) is 4.34. The van der Waals surface area contributed by atoms with Crippen LogP contribution in [0.15, 0.2) is 71.8 Å². The van der Waals surface area contributed by atoms with Crippen molar-refractivity contribution in [3.63, 3.8) is 0 Å². The highest BCUT2D eigenvalue weighted by atomic mass is 16.1. The van der Waals surface area contributed by atoms with Gasteiger partial charge in [-0.3, -0.25) is 9.69 Å². The lowest BCUT2D eigenvalue weighted by Gasteiger charge is -2.32. The van der Waals surface area contributed by atoms with E-state index in [1.807, 2.05) is 72.8 Å². The van der Waals surface area contributed by atoms with Gasteiger partial charge in [-0.25, -0.2) is 0 Å². The van der Waals surface area contributed by atoms with Gasteiger partial charge in [0, 0.05) is 30.3 Å². The Morgan fingerprint density at radius 2 is 1.21 bits per heavy atom. The van der Waals surface area contributed by atoms with Crippen LogP contribution in [-0.4, -0.2) is 29.8 Å². The van der Waals surface area contributed by atoms with E-state index >= 15 is 0 Å². The van der Waals surface area contributed by atoms with Crippen molar-refractivity contribution < 1.29 is 4.79 Å². The average Bonchev–Trinajstić information content (AvgIpc) is 2.60. The number of nitrogens with zero attached hydrogens (tertiary/aromatic N) is 1. The van der Waals surface area contributed by atoms with Crippen molar-refractivity contribution in [2.24, 2.45) is 0 Å². The van der Waals surface area contributed by atoms with E-state index in [1.54, 1.807) is 0 Å². The van der Waals surface area contributed by atoms with Gasteiger partial charge < -0.3 is 0 Å². The van der Waals surface area contributed by atoms with Crippen molar-refractivity contribution in [3.05, 3.63) is 82.9 Å². The van der Waals surface area contributed by atoms with E-state index in [4.69, 9.17) is 0 Å². The minimum absolute atomic E-state index is 0.166. The molecule has 122 valence electrons. The summed E-state index contributed by atoms with van der Waals surface area (Å²) in [4.78, 5) is 15.3. The van der Waals surface area contributed by atoms with Gasteiger partial charge in [-0.05, 0) is 37.1 Å². The largest absolute Gasteiger partial charge is 0.292 e. The van der Waals surface area contributed by atoms with E-state index in [1.165, 1.54) is 0 Å². The standard InChI is InChI=1S/C22H23NO/c1-17(2)23-15-20(13-18-9-5-3-6-10-18)22(24)21(16-23)14-19-11-7-4-8-12-19/h3-14,17H,15-16H2,1-2H3/b20-13-,21-14+. The van der Waals surface area contributed by atoms with Crippen molar-refractivity contribution in [2.45, 2.75) is 19.9 Å². The predicted molar refractivity (Wildman–Crippen MR) is 101 cm³/mol. The molecule has 3 rings (SSSR count). The summed E-state index contributed by atoms with van der Waals surface area (Å²) < 4.78 is 0.